The molecular formula is C15H21N5O2S. The smallest absolute Gasteiger partial charge is 0.212 e. The minimum absolute atomic E-state index is 0.0211. The Morgan fingerprint density at radius 2 is 2.09 bits per heavy atom. The molecular weight excluding hydrogens is 314 g/mol. The Labute approximate surface area is 135 Å². The van der Waals surface area contributed by atoms with E-state index in [-0.39, 0.29) is 16.8 Å². The Bertz CT molecular complexity index is 840. The summed E-state index contributed by atoms with van der Waals surface area (Å²) in [5, 5.41) is 1.00. The predicted octanol–water partition coefficient (Wildman–Crippen LogP) is 1.40. The zero-order valence-electron chi connectivity index (χ0n) is 13.3. The molecule has 0 saturated heterocycles. The molecule has 2 bridgehead atoms. The molecule has 3 aliphatic carbocycles. The molecule has 0 unspecified atom stereocenters. The summed E-state index contributed by atoms with van der Waals surface area (Å²) in [5.41, 5.74) is 0.617. The summed E-state index contributed by atoms with van der Waals surface area (Å²) in [7, 11) is -1.11. The maximum Gasteiger partial charge on any atom is 0.212 e. The van der Waals surface area contributed by atoms with E-state index in [0.29, 0.717) is 6.42 Å². The molecule has 7 nitrogen and oxygen atoms in total. The monoisotopic (exact) mass is 335 g/mol. The molecule has 124 valence electrons. The van der Waals surface area contributed by atoms with E-state index in [1.165, 1.54) is 0 Å². The number of nitrogens with zero attached hydrogens (tertiary/aromatic N) is 3. The minimum atomic E-state index is -3.15. The molecule has 2 N–H and O–H groups in total. The number of hydrogen-bond acceptors (Lipinski definition) is 5. The van der Waals surface area contributed by atoms with Crippen LogP contribution in [-0.2, 0) is 10.0 Å². The second-order valence-electron chi connectivity index (χ2n) is 6.95. The van der Waals surface area contributed by atoms with Crippen molar-refractivity contribution in [1.29, 1.82) is 0 Å². The van der Waals surface area contributed by atoms with Crippen molar-refractivity contribution in [2.45, 2.75) is 43.7 Å². The number of H-pyrrole nitrogens is 1. The lowest BCUT2D eigenvalue weighted by Gasteiger charge is -2.73. The average molecular weight is 335 g/mol. The highest BCUT2D eigenvalue weighted by Crippen LogP contribution is 2.64. The highest BCUT2D eigenvalue weighted by molar-refractivity contribution is 7.89. The van der Waals surface area contributed by atoms with Crippen LogP contribution in [0.5, 0.6) is 0 Å². The van der Waals surface area contributed by atoms with Crippen molar-refractivity contribution >= 4 is 26.9 Å². The molecule has 5 rings (SSSR count). The summed E-state index contributed by atoms with van der Waals surface area (Å²) in [4.78, 5) is 13.9. The largest absolute Gasteiger partial charge is 0.353 e. The summed E-state index contributed by atoms with van der Waals surface area (Å²) in [6.45, 7) is 1.88. The van der Waals surface area contributed by atoms with Crippen molar-refractivity contribution in [2.24, 2.45) is 0 Å². The maximum absolute atomic E-state index is 12.0. The highest BCUT2D eigenvalue weighted by atomic mass is 32.2. The molecule has 3 saturated carbocycles. The molecule has 0 aliphatic heterocycles. The second kappa shape index (κ2) is 4.67. The predicted molar refractivity (Wildman–Crippen MR) is 88.8 cm³/mol. The average Bonchev–Trinajstić information content (AvgIpc) is 2.88. The van der Waals surface area contributed by atoms with Gasteiger partial charge in [0, 0.05) is 24.3 Å². The van der Waals surface area contributed by atoms with Crippen LogP contribution in [0.3, 0.4) is 0 Å². The van der Waals surface area contributed by atoms with Crippen LogP contribution in [0, 0.1) is 0 Å². The van der Waals surface area contributed by atoms with Crippen LogP contribution in [0.2, 0.25) is 0 Å². The zero-order valence-corrected chi connectivity index (χ0v) is 14.2. The van der Waals surface area contributed by atoms with Crippen LogP contribution in [0.4, 0.5) is 5.82 Å². The normalized spacial score (nSPS) is 29.1. The second-order valence-corrected chi connectivity index (χ2v) is 8.79. The van der Waals surface area contributed by atoms with E-state index in [2.05, 4.69) is 24.6 Å². The van der Waals surface area contributed by atoms with Gasteiger partial charge in [0.05, 0.1) is 11.1 Å². The third kappa shape index (κ3) is 2.15. The zero-order chi connectivity index (χ0) is 16.3. The Morgan fingerprint density at radius 1 is 1.35 bits per heavy atom. The number of nitrogens with one attached hydrogen (secondary N) is 2. The van der Waals surface area contributed by atoms with Crippen molar-refractivity contribution in [3.63, 3.8) is 0 Å². The van der Waals surface area contributed by atoms with Gasteiger partial charge in [0.25, 0.3) is 0 Å². The van der Waals surface area contributed by atoms with E-state index >= 15 is 0 Å². The van der Waals surface area contributed by atoms with Gasteiger partial charge in [-0.3, -0.25) is 0 Å². The molecule has 0 spiro atoms. The van der Waals surface area contributed by atoms with Crippen LogP contribution in [0.15, 0.2) is 18.6 Å². The van der Waals surface area contributed by atoms with E-state index < -0.39 is 10.0 Å². The van der Waals surface area contributed by atoms with Gasteiger partial charge in [0.2, 0.25) is 10.0 Å². The van der Waals surface area contributed by atoms with Crippen LogP contribution in [0.25, 0.3) is 11.0 Å². The third-order valence-electron chi connectivity index (χ3n) is 5.21. The number of fused-ring (bicyclic) bond motifs is 1. The van der Waals surface area contributed by atoms with Gasteiger partial charge in [0.15, 0.2) is 0 Å². The summed E-state index contributed by atoms with van der Waals surface area (Å²) in [6.07, 6.45) is 6.60. The van der Waals surface area contributed by atoms with E-state index in [9.17, 15) is 8.42 Å². The number of anilines is 1. The number of hydrogen-bond donors (Lipinski definition) is 2. The molecule has 0 atom stereocenters. The quantitative estimate of drug-likeness (QED) is 0.833. The molecule has 0 aromatic carbocycles. The molecule has 8 heteroatoms. The summed E-state index contributed by atoms with van der Waals surface area (Å²) in [6, 6.07) is 1.98. The first kappa shape index (κ1) is 14.9. The first-order valence-electron chi connectivity index (χ1n) is 7.92. The molecule has 2 heterocycles. The van der Waals surface area contributed by atoms with Crippen molar-refractivity contribution < 1.29 is 8.42 Å². The number of rotatable bonds is 6. The van der Waals surface area contributed by atoms with Crippen molar-refractivity contribution in [3.05, 3.63) is 18.6 Å². The lowest BCUT2D eigenvalue weighted by atomic mass is 9.44. The van der Waals surface area contributed by atoms with Crippen molar-refractivity contribution in [2.75, 3.05) is 17.7 Å². The van der Waals surface area contributed by atoms with E-state index in [4.69, 9.17) is 0 Å². The maximum atomic E-state index is 12.0. The summed E-state index contributed by atoms with van der Waals surface area (Å²) < 4.78 is 26.9. The molecule has 0 radical (unpaired) electrons. The fraction of sp³-hybridized carbons (Fsp3) is 0.600. The molecule has 2 aromatic rings. The first-order chi connectivity index (χ1) is 10.9. The van der Waals surface area contributed by atoms with Crippen LogP contribution < -0.4 is 9.62 Å². The summed E-state index contributed by atoms with van der Waals surface area (Å²) >= 11 is 0. The Balaban J connectivity index is 1.51. The Hall–Kier alpha value is -1.67. The lowest BCUT2D eigenvalue weighted by Crippen LogP contribution is -2.83. The Kier molecular flexibility index (Phi) is 3.02. The van der Waals surface area contributed by atoms with Crippen LogP contribution in [-0.4, -0.2) is 47.2 Å². The van der Waals surface area contributed by atoms with Crippen LogP contribution >= 0.6 is 0 Å². The summed E-state index contributed by atoms with van der Waals surface area (Å²) in [5.74, 6) is 1.11. The highest BCUT2D eigenvalue weighted by Gasteiger charge is 2.71. The SMILES string of the molecule is CCCS(=O)(=O)NC12CC(N(C)c3ncnc4[nH]ccc34)(C1)C2. The van der Waals surface area contributed by atoms with Gasteiger partial charge < -0.3 is 9.88 Å². The minimum Gasteiger partial charge on any atom is -0.353 e. The molecule has 3 aliphatic rings. The van der Waals surface area contributed by atoms with Gasteiger partial charge in [0.1, 0.15) is 17.8 Å². The van der Waals surface area contributed by atoms with Gasteiger partial charge >= 0.3 is 0 Å². The van der Waals surface area contributed by atoms with Gasteiger partial charge in [-0.1, -0.05) is 6.92 Å². The number of aromatic amines is 1. The first-order valence-corrected chi connectivity index (χ1v) is 9.58. The molecule has 0 amide bonds. The molecule has 3 fully saturated rings. The van der Waals surface area contributed by atoms with Crippen molar-refractivity contribution in [1.82, 2.24) is 19.7 Å². The van der Waals surface area contributed by atoms with Crippen molar-refractivity contribution in [3.8, 4) is 0 Å². The number of sulfonamides is 1. The van der Waals surface area contributed by atoms with Gasteiger partial charge in [-0.25, -0.2) is 23.1 Å². The lowest BCUT2D eigenvalue weighted by molar-refractivity contribution is -0.0651. The van der Waals surface area contributed by atoms with Gasteiger partial charge in [-0.2, -0.15) is 0 Å². The van der Waals surface area contributed by atoms with E-state index in [1.807, 2.05) is 26.2 Å². The van der Waals surface area contributed by atoms with Gasteiger partial charge in [-0.15, -0.1) is 0 Å². The van der Waals surface area contributed by atoms with Crippen LogP contribution in [0.1, 0.15) is 32.6 Å². The van der Waals surface area contributed by atoms with E-state index in [0.717, 1.165) is 36.1 Å². The molecule has 23 heavy (non-hydrogen) atoms. The van der Waals surface area contributed by atoms with E-state index in [1.54, 1.807) is 6.33 Å². The molecule has 2 aromatic heterocycles. The third-order valence-corrected chi connectivity index (χ3v) is 6.90. The topological polar surface area (TPSA) is 91.0 Å². The fourth-order valence-corrected chi connectivity index (χ4v) is 5.71. The number of aromatic nitrogens is 3. The van der Waals surface area contributed by atoms with Gasteiger partial charge in [-0.05, 0) is 31.7 Å². The fourth-order valence-electron chi connectivity index (χ4n) is 4.20. The Morgan fingerprint density at radius 3 is 2.78 bits per heavy atom. The standard InChI is InChI=1S/C15H21N5O2S/c1-3-6-23(21,22)19-14-7-15(8-14,9-14)20(2)13-11-4-5-16-12(11)17-10-18-13/h4-5,10,19H,3,6-9H2,1-2H3,(H,16,17,18).